The summed E-state index contributed by atoms with van der Waals surface area (Å²) >= 11 is 0. The van der Waals surface area contributed by atoms with E-state index in [0.29, 0.717) is 0 Å². The molecule has 12 aromatic carbocycles. The molecule has 0 amide bonds. The maximum atomic E-state index is 4.11. The van der Waals surface area contributed by atoms with E-state index >= 15 is 0 Å². The Balaban J connectivity index is 1.20. The third-order valence-corrected chi connectivity index (χ3v) is 14.4. The van der Waals surface area contributed by atoms with Gasteiger partial charge in [-0.3, -0.25) is 0 Å². The van der Waals surface area contributed by atoms with E-state index in [1.54, 1.807) is 0 Å². The number of fused-ring (bicyclic) bond motifs is 4. The third-order valence-electron chi connectivity index (χ3n) is 14.4. The lowest BCUT2D eigenvalue weighted by Gasteiger charge is -2.33. The quantitative estimate of drug-likeness (QED) is 0.119. The number of hydrogen-bond donors (Lipinski definition) is 0. The Morgan fingerprint density at radius 2 is 0.569 bits per heavy atom. The summed E-state index contributed by atoms with van der Waals surface area (Å²) < 4.78 is 0. The van der Waals surface area contributed by atoms with Crippen molar-refractivity contribution >= 4 is 89.4 Å². The third kappa shape index (κ3) is 7.44. The molecule has 342 valence electrons. The van der Waals surface area contributed by atoms with Crippen molar-refractivity contribution in [1.29, 1.82) is 0 Å². The van der Waals surface area contributed by atoms with Crippen molar-refractivity contribution in [3.05, 3.63) is 278 Å². The average molecular weight is 921 g/mol. The topological polar surface area (TPSA) is 6.48 Å². The molecule has 0 heterocycles. The highest BCUT2D eigenvalue weighted by molar-refractivity contribution is 6.31. The average Bonchev–Trinajstić information content (AvgIpc) is 3.45. The standard InChI is InChI=1S/C70H52N2/c1-5-49-39-43-53(44-40-49)71(67-47(3)23-21-37-55(67)51-25-9-7-10-26-51)69-61-33-17-13-29-57(61)65(58-30-14-18-34-62(58)69)66-59-31-15-19-35-63(59)70(64-36-20-16-32-60(64)66)72(54-45-41-50(6-2)42-46-54)68-48(4)24-22-38-56(68)52-27-11-8-12-28-52/h5-46H,1-2H2,3-4H3. The summed E-state index contributed by atoms with van der Waals surface area (Å²) in [6.45, 7) is 12.7. The molecule has 0 saturated carbocycles. The van der Waals surface area contributed by atoms with Crippen molar-refractivity contribution in [3.8, 4) is 33.4 Å². The second-order valence-corrected chi connectivity index (χ2v) is 18.6. The fourth-order valence-electron chi connectivity index (χ4n) is 11.1. The van der Waals surface area contributed by atoms with Crippen molar-refractivity contribution in [1.82, 2.24) is 0 Å². The molecule has 0 aliphatic rings. The first kappa shape index (κ1) is 44.0. The highest BCUT2D eigenvalue weighted by Crippen LogP contribution is 2.55. The summed E-state index contributed by atoms with van der Waals surface area (Å²) in [6.07, 6.45) is 3.83. The molecule has 12 rings (SSSR count). The van der Waals surface area contributed by atoms with Crippen LogP contribution in [-0.4, -0.2) is 0 Å². The van der Waals surface area contributed by atoms with Crippen molar-refractivity contribution in [3.63, 3.8) is 0 Å². The molecule has 0 spiro atoms. The van der Waals surface area contributed by atoms with Crippen LogP contribution in [0.1, 0.15) is 22.3 Å². The minimum absolute atomic E-state index is 1.07. The lowest BCUT2D eigenvalue weighted by Crippen LogP contribution is -2.14. The highest BCUT2D eigenvalue weighted by atomic mass is 15.2. The predicted octanol–water partition coefficient (Wildman–Crippen LogP) is 20.1. The number of benzene rings is 12. The molecule has 0 N–H and O–H groups in total. The number of anilines is 6. The van der Waals surface area contributed by atoms with Crippen LogP contribution in [-0.2, 0) is 0 Å². The molecule has 0 unspecified atom stereocenters. The minimum atomic E-state index is 1.07. The molecule has 0 radical (unpaired) electrons. The predicted molar refractivity (Wildman–Crippen MR) is 312 cm³/mol. The fourth-order valence-corrected chi connectivity index (χ4v) is 11.1. The maximum Gasteiger partial charge on any atom is 0.0619 e. The largest absolute Gasteiger partial charge is 0.308 e. The SMILES string of the molecule is C=Cc1ccc(N(c2c(C)cccc2-c2ccccc2)c2c3ccccc3c(-c3c4ccccc4c(N(c4ccc(C=C)cc4)c4c(C)cccc4-c4ccccc4)c4ccccc34)c3ccccc23)cc1. The highest BCUT2D eigenvalue weighted by Gasteiger charge is 2.29. The zero-order valence-corrected chi connectivity index (χ0v) is 40.6. The zero-order valence-electron chi connectivity index (χ0n) is 40.6. The van der Waals surface area contributed by atoms with Crippen molar-refractivity contribution in [2.45, 2.75) is 13.8 Å². The van der Waals surface area contributed by atoms with Gasteiger partial charge in [-0.1, -0.05) is 244 Å². The maximum absolute atomic E-state index is 4.11. The van der Waals surface area contributed by atoms with Crippen LogP contribution >= 0.6 is 0 Å². The van der Waals surface area contributed by atoms with Crippen LogP contribution in [0.25, 0.3) is 88.6 Å². The molecule has 0 aromatic heterocycles. The fraction of sp³-hybridized carbons (Fsp3) is 0.0286. The van der Waals surface area contributed by atoms with Gasteiger partial charge in [-0.2, -0.15) is 0 Å². The summed E-state index contributed by atoms with van der Waals surface area (Å²) in [5.74, 6) is 0. The van der Waals surface area contributed by atoms with E-state index in [2.05, 4.69) is 279 Å². The second kappa shape index (κ2) is 18.6. The van der Waals surface area contributed by atoms with Crippen LogP contribution in [0.2, 0.25) is 0 Å². The molecule has 0 bridgehead atoms. The van der Waals surface area contributed by atoms with E-state index in [9.17, 15) is 0 Å². The second-order valence-electron chi connectivity index (χ2n) is 18.6. The van der Waals surface area contributed by atoms with Gasteiger partial charge in [0, 0.05) is 44.0 Å². The number of nitrogens with zero attached hydrogens (tertiary/aromatic N) is 2. The summed E-state index contributed by atoms with van der Waals surface area (Å²) in [5.41, 5.74) is 18.3. The van der Waals surface area contributed by atoms with E-state index < -0.39 is 0 Å². The first-order valence-electron chi connectivity index (χ1n) is 24.7. The smallest absolute Gasteiger partial charge is 0.0619 e. The van der Waals surface area contributed by atoms with Gasteiger partial charge in [0.25, 0.3) is 0 Å². The first-order valence-corrected chi connectivity index (χ1v) is 24.7. The molecule has 0 fully saturated rings. The van der Waals surface area contributed by atoms with E-state index in [4.69, 9.17) is 0 Å². The molecule has 0 atom stereocenters. The zero-order chi connectivity index (χ0) is 48.7. The lowest BCUT2D eigenvalue weighted by atomic mass is 9.84. The van der Waals surface area contributed by atoms with Gasteiger partial charge in [0.1, 0.15) is 0 Å². The summed E-state index contributed by atoms with van der Waals surface area (Å²) in [6, 6.07) is 88.8. The van der Waals surface area contributed by atoms with Crippen LogP contribution in [0.3, 0.4) is 0 Å². The van der Waals surface area contributed by atoms with Crippen molar-refractivity contribution in [2.75, 3.05) is 9.80 Å². The minimum Gasteiger partial charge on any atom is -0.308 e. The number of aryl methyl sites for hydroxylation is 2. The molecule has 12 aromatic rings. The van der Waals surface area contributed by atoms with Crippen LogP contribution in [0.15, 0.2) is 256 Å². The Hall–Kier alpha value is -9.24. The van der Waals surface area contributed by atoms with Gasteiger partial charge in [0.2, 0.25) is 0 Å². The summed E-state index contributed by atoms with van der Waals surface area (Å²) in [7, 11) is 0. The summed E-state index contributed by atoms with van der Waals surface area (Å²) in [5, 5.41) is 9.37. The van der Waals surface area contributed by atoms with Gasteiger partial charge in [-0.05, 0) is 104 Å². The van der Waals surface area contributed by atoms with E-state index in [-0.39, 0.29) is 0 Å². The van der Waals surface area contributed by atoms with E-state index in [1.165, 1.54) is 66.1 Å². The molecule has 72 heavy (non-hydrogen) atoms. The van der Waals surface area contributed by atoms with Gasteiger partial charge in [-0.25, -0.2) is 0 Å². The lowest BCUT2D eigenvalue weighted by molar-refractivity contribution is 1.27. The Morgan fingerprint density at radius 3 is 0.875 bits per heavy atom. The Labute approximate surface area is 422 Å². The molecule has 0 aliphatic heterocycles. The molecule has 0 aliphatic carbocycles. The van der Waals surface area contributed by atoms with Crippen LogP contribution in [0.5, 0.6) is 0 Å². The monoisotopic (exact) mass is 920 g/mol. The van der Waals surface area contributed by atoms with Crippen LogP contribution in [0.4, 0.5) is 34.1 Å². The normalized spacial score (nSPS) is 11.3. The number of para-hydroxylation sites is 2. The van der Waals surface area contributed by atoms with E-state index in [1.807, 2.05) is 12.2 Å². The van der Waals surface area contributed by atoms with Gasteiger partial charge < -0.3 is 9.80 Å². The van der Waals surface area contributed by atoms with Crippen molar-refractivity contribution in [2.24, 2.45) is 0 Å². The number of hydrogen-bond acceptors (Lipinski definition) is 2. The van der Waals surface area contributed by atoms with Crippen LogP contribution < -0.4 is 9.80 Å². The van der Waals surface area contributed by atoms with Gasteiger partial charge in [0.15, 0.2) is 0 Å². The van der Waals surface area contributed by atoms with Crippen LogP contribution in [0, 0.1) is 13.8 Å². The molecule has 0 saturated heterocycles. The van der Waals surface area contributed by atoms with Gasteiger partial charge in [-0.15, -0.1) is 0 Å². The van der Waals surface area contributed by atoms with Gasteiger partial charge >= 0.3 is 0 Å². The van der Waals surface area contributed by atoms with Crippen molar-refractivity contribution < 1.29 is 0 Å². The first-order chi connectivity index (χ1) is 35.5. The Kier molecular flexibility index (Phi) is 11.4. The molecular weight excluding hydrogens is 869 g/mol. The molecule has 2 heteroatoms. The summed E-state index contributed by atoms with van der Waals surface area (Å²) in [4.78, 5) is 5.03. The molecular formula is C70H52N2. The Morgan fingerprint density at radius 1 is 0.278 bits per heavy atom. The Bertz CT molecular complexity index is 3640. The van der Waals surface area contributed by atoms with E-state index in [0.717, 1.165) is 66.8 Å². The van der Waals surface area contributed by atoms with Gasteiger partial charge in [0.05, 0.1) is 22.7 Å². The molecule has 2 nitrogen and oxygen atoms in total. The number of rotatable bonds is 11.